The molecule has 0 spiro atoms. The summed E-state index contributed by atoms with van der Waals surface area (Å²) >= 11 is 0. The van der Waals surface area contributed by atoms with Gasteiger partial charge in [0.2, 0.25) is 17.5 Å². The van der Waals surface area contributed by atoms with Crippen LogP contribution in [-0.4, -0.2) is 51.9 Å². The van der Waals surface area contributed by atoms with Gasteiger partial charge in [0.15, 0.2) is 11.5 Å². The lowest BCUT2D eigenvalue weighted by Crippen LogP contribution is -2.29. The average molecular weight is 508 g/mol. The number of carbonyl (C=O) groups excluding carboxylic acids is 1. The van der Waals surface area contributed by atoms with Crippen molar-refractivity contribution in [2.75, 3.05) is 31.7 Å². The van der Waals surface area contributed by atoms with Crippen LogP contribution >= 0.6 is 0 Å². The van der Waals surface area contributed by atoms with Crippen molar-refractivity contribution >= 4 is 21.8 Å². The average Bonchev–Trinajstić information content (AvgIpc) is 3.10. The van der Waals surface area contributed by atoms with Crippen molar-refractivity contribution in [3.63, 3.8) is 0 Å². The van der Waals surface area contributed by atoms with Gasteiger partial charge in [0.1, 0.15) is 11.4 Å². The summed E-state index contributed by atoms with van der Waals surface area (Å²) in [6.07, 6.45) is 2.99. The third-order valence-corrected chi connectivity index (χ3v) is 6.45. The Balaban J connectivity index is 1.38. The van der Waals surface area contributed by atoms with E-state index in [0.29, 0.717) is 42.4 Å². The number of phenols is 1. The number of aliphatic hydroxyl groups is 1. The second-order valence-corrected chi connectivity index (χ2v) is 9.19. The molecule has 35 heavy (non-hydrogen) atoms. The Hall–Kier alpha value is -3.80. The van der Waals surface area contributed by atoms with Crippen molar-refractivity contribution in [1.29, 1.82) is 0 Å². The predicted octanol–water partition coefficient (Wildman–Crippen LogP) is 2.33. The molecule has 2 aromatic carbocycles. The number of aromatic hydroxyl groups is 1. The zero-order valence-corrected chi connectivity index (χ0v) is 20.3. The number of aryl methyl sites for hydroxylation is 1. The number of benzene rings is 2. The second-order valence-electron chi connectivity index (χ2n) is 7.64. The van der Waals surface area contributed by atoms with Gasteiger partial charge in [-0.15, -0.1) is 0 Å². The van der Waals surface area contributed by atoms with Gasteiger partial charge in [-0.2, -0.15) is 8.42 Å². The van der Waals surface area contributed by atoms with E-state index in [1.807, 2.05) is 10.8 Å². The number of ether oxygens (including phenoxy) is 3. The third kappa shape index (κ3) is 6.63. The van der Waals surface area contributed by atoms with E-state index < -0.39 is 16.1 Å². The van der Waals surface area contributed by atoms with Gasteiger partial charge in [-0.25, -0.2) is 9.03 Å². The van der Waals surface area contributed by atoms with Crippen LogP contribution in [0.5, 0.6) is 23.0 Å². The number of nitrogens with one attached hydrogen (secondary N) is 2. The third-order valence-electron chi connectivity index (χ3n) is 5.17. The molecule has 1 aliphatic heterocycles. The van der Waals surface area contributed by atoms with Gasteiger partial charge in [0.05, 0.1) is 27.0 Å². The normalized spacial score (nSPS) is 14.1. The lowest BCUT2D eigenvalue weighted by Gasteiger charge is -2.16. The van der Waals surface area contributed by atoms with Crippen LogP contribution in [0, 0.1) is 0 Å². The summed E-state index contributed by atoms with van der Waals surface area (Å²) in [4.78, 5) is 12.1. The van der Waals surface area contributed by atoms with E-state index in [9.17, 15) is 23.4 Å². The zero-order chi connectivity index (χ0) is 25.4. The van der Waals surface area contributed by atoms with Crippen LogP contribution in [0.15, 0.2) is 48.5 Å². The molecular formula is C23H29N3O8S. The van der Waals surface area contributed by atoms with E-state index >= 15 is 0 Å². The summed E-state index contributed by atoms with van der Waals surface area (Å²) in [7, 11) is -0.884. The van der Waals surface area contributed by atoms with Crippen molar-refractivity contribution in [3.05, 3.63) is 54.0 Å². The highest BCUT2D eigenvalue weighted by Gasteiger charge is 2.30. The molecule has 2 aromatic rings. The summed E-state index contributed by atoms with van der Waals surface area (Å²) in [5.74, 6) is 0.758. The SMILES string of the molecule is COc1cccc(OCCCCNC(=O)CCc2ccc(N3C=C(O)NS3(=O)=O)c(O)c2)c1OC. The minimum absolute atomic E-state index is 0.0106. The molecule has 1 amide bonds. The Labute approximate surface area is 204 Å². The van der Waals surface area contributed by atoms with Crippen LogP contribution in [0.2, 0.25) is 0 Å². The Kier molecular flexibility index (Phi) is 8.53. The quantitative estimate of drug-likeness (QED) is 0.320. The predicted molar refractivity (Wildman–Crippen MR) is 129 cm³/mol. The summed E-state index contributed by atoms with van der Waals surface area (Å²) in [5.41, 5.74) is 0.656. The second kappa shape index (κ2) is 11.6. The molecule has 0 aromatic heterocycles. The number of para-hydroxylation sites is 1. The number of anilines is 1. The first-order valence-electron chi connectivity index (χ1n) is 10.9. The summed E-state index contributed by atoms with van der Waals surface area (Å²) in [6.45, 7) is 0.956. The Morgan fingerprint density at radius 1 is 1.09 bits per heavy atom. The van der Waals surface area contributed by atoms with Gasteiger partial charge in [-0.3, -0.25) is 4.79 Å². The van der Waals surface area contributed by atoms with E-state index in [0.717, 1.165) is 23.3 Å². The number of unbranched alkanes of at least 4 members (excludes halogenated alkanes) is 1. The van der Waals surface area contributed by atoms with Crippen LogP contribution in [0.4, 0.5) is 5.69 Å². The number of methoxy groups -OCH3 is 2. The number of hydrogen-bond acceptors (Lipinski definition) is 8. The fourth-order valence-corrected chi connectivity index (χ4v) is 4.52. The molecule has 1 heterocycles. The molecule has 0 bridgehead atoms. The monoisotopic (exact) mass is 507 g/mol. The Morgan fingerprint density at radius 3 is 2.51 bits per heavy atom. The molecule has 0 radical (unpaired) electrons. The Bertz CT molecular complexity index is 1180. The van der Waals surface area contributed by atoms with E-state index in [1.165, 1.54) is 12.1 Å². The number of aliphatic hydroxyl groups excluding tert-OH is 1. The highest BCUT2D eigenvalue weighted by Crippen LogP contribution is 2.36. The molecule has 0 saturated heterocycles. The number of phenolic OH excluding ortho intramolecular Hbond substituents is 1. The van der Waals surface area contributed by atoms with Crippen LogP contribution in [0.25, 0.3) is 0 Å². The number of nitrogens with zero attached hydrogens (tertiary/aromatic N) is 1. The molecular weight excluding hydrogens is 478 g/mol. The number of rotatable bonds is 12. The summed E-state index contributed by atoms with van der Waals surface area (Å²) in [6, 6.07) is 9.83. The topological polar surface area (TPSA) is 147 Å². The molecule has 0 atom stereocenters. The van der Waals surface area contributed by atoms with E-state index in [-0.39, 0.29) is 23.8 Å². The highest BCUT2D eigenvalue weighted by molar-refractivity contribution is 7.91. The maximum Gasteiger partial charge on any atom is 0.330 e. The van der Waals surface area contributed by atoms with Crippen LogP contribution < -0.4 is 28.6 Å². The van der Waals surface area contributed by atoms with Crippen LogP contribution in [0.1, 0.15) is 24.8 Å². The standard InChI is InChI=1S/C23H29N3O8S/c1-32-19-6-5-7-20(23(19)33-2)34-13-4-3-12-24-21(28)11-9-16-8-10-17(18(27)14-16)26-15-22(29)25-35(26,30)31/h5-8,10,14-15,25,27,29H,3-4,9,11-13H2,1-2H3,(H,24,28). The maximum absolute atomic E-state index is 12.1. The first-order chi connectivity index (χ1) is 16.7. The van der Waals surface area contributed by atoms with E-state index in [1.54, 1.807) is 32.4 Å². The van der Waals surface area contributed by atoms with E-state index in [4.69, 9.17) is 14.2 Å². The molecule has 0 unspecified atom stereocenters. The molecule has 0 saturated carbocycles. The van der Waals surface area contributed by atoms with Gasteiger partial charge in [-0.05, 0) is 49.1 Å². The molecule has 0 aliphatic carbocycles. The lowest BCUT2D eigenvalue weighted by molar-refractivity contribution is -0.121. The van der Waals surface area contributed by atoms with Crippen molar-refractivity contribution in [1.82, 2.24) is 10.0 Å². The number of carbonyl (C=O) groups is 1. The molecule has 3 rings (SSSR count). The first kappa shape index (κ1) is 25.8. The zero-order valence-electron chi connectivity index (χ0n) is 19.5. The number of hydrogen-bond donors (Lipinski definition) is 4. The molecule has 190 valence electrons. The molecule has 0 fully saturated rings. The maximum atomic E-state index is 12.1. The number of amides is 1. The van der Waals surface area contributed by atoms with Crippen molar-refractivity contribution < 1.29 is 37.6 Å². The summed E-state index contributed by atoms with van der Waals surface area (Å²) < 4.78 is 42.8. The molecule has 1 aliphatic rings. The van der Waals surface area contributed by atoms with Crippen molar-refractivity contribution in [2.24, 2.45) is 0 Å². The molecule has 11 nitrogen and oxygen atoms in total. The van der Waals surface area contributed by atoms with Gasteiger partial charge < -0.3 is 29.7 Å². The molecule has 12 heteroatoms. The molecule has 4 N–H and O–H groups in total. The van der Waals surface area contributed by atoms with E-state index in [2.05, 4.69) is 5.32 Å². The van der Waals surface area contributed by atoms with Crippen molar-refractivity contribution in [2.45, 2.75) is 25.7 Å². The largest absolute Gasteiger partial charge is 0.506 e. The van der Waals surface area contributed by atoms with Gasteiger partial charge in [0.25, 0.3) is 0 Å². The fraction of sp³-hybridized carbons (Fsp3) is 0.348. The van der Waals surface area contributed by atoms with Gasteiger partial charge in [0, 0.05) is 13.0 Å². The lowest BCUT2D eigenvalue weighted by atomic mass is 10.1. The van der Waals surface area contributed by atoms with Gasteiger partial charge in [-0.1, -0.05) is 12.1 Å². The fourth-order valence-electron chi connectivity index (χ4n) is 3.45. The van der Waals surface area contributed by atoms with Crippen LogP contribution in [-0.2, 0) is 21.4 Å². The summed E-state index contributed by atoms with van der Waals surface area (Å²) in [5, 5.41) is 22.5. The van der Waals surface area contributed by atoms with Crippen LogP contribution in [0.3, 0.4) is 0 Å². The van der Waals surface area contributed by atoms with Crippen molar-refractivity contribution in [3.8, 4) is 23.0 Å². The first-order valence-corrected chi connectivity index (χ1v) is 12.3. The minimum atomic E-state index is -3.99. The smallest absolute Gasteiger partial charge is 0.330 e. The Morgan fingerprint density at radius 2 is 1.86 bits per heavy atom. The minimum Gasteiger partial charge on any atom is -0.506 e. The van der Waals surface area contributed by atoms with Gasteiger partial charge >= 0.3 is 10.2 Å². The highest BCUT2D eigenvalue weighted by atomic mass is 32.2.